The molecule has 1 atom stereocenters. The fourth-order valence-corrected chi connectivity index (χ4v) is 2.60. The van der Waals surface area contributed by atoms with Crippen molar-refractivity contribution in [2.75, 3.05) is 26.3 Å². The Balaban J connectivity index is 1.99. The molecule has 1 aliphatic rings. The second-order valence-corrected chi connectivity index (χ2v) is 5.36. The molecule has 2 rings (SSSR count). The van der Waals surface area contributed by atoms with Crippen LogP contribution in [0.25, 0.3) is 0 Å². The van der Waals surface area contributed by atoms with E-state index in [9.17, 15) is 18.0 Å². The Kier molecular flexibility index (Phi) is 5.39. The van der Waals surface area contributed by atoms with Crippen molar-refractivity contribution in [2.45, 2.75) is 25.9 Å². The molecule has 1 fully saturated rings. The number of hydrogen-bond donors (Lipinski definition) is 0. The molecule has 4 nitrogen and oxygen atoms in total. The standard InChI is InChI=1S/C15H19F3N2O2/c1-2-22-10-11-4-6-20(9-11)14(21)7-12-8-19-5-3-13(12)15(16,17)18/h3,5,8,11H,2,4,6-7,9-10H2,1H3. The minimum absolute atomic E-state index is 0.0757. The molecular formula is C15H19F3N2O2. The van der Waals surface area contributed by atoms with Crippen LogP contribution in [0.5, 0.6) is 0 Å². The van der Waals surface area contributed by atoms with Crippen LogP contribution in [0, 0.1) is 5.92 Å². The minimum Gasteiger partial charge on any atom is -0.381 e. The Morgan fingerprint density at radius 3 is 2.95 bits per heavy atom. The number of nitrogens with zero attached hydrogens (tertiary/aromatic N) is 2. The first kappa shape index (κ1) is 16.7. The summed E-state index contributed by atoms with van der Waals surface area (Å²) in [6.07, 6.45) is -1.71. The summed E-state index contributed by atoms with van der Waals surface area (Å²) in [5.74, 6) is -0.0302. The Hall–Kier alpha value is -1.63. The van der Waals surface area contributed by atoms with Crippen molar-refractivity contribution in [2.24, 2.45) is 5.92 Å². The van der Waals surface area contributed by atoms with Crippen LogP contribution in [-0.2, 0) is 22.1 Å². The van der Waals surface area contributed by atoms with Crippen LogP contribution in [0.1, 0.15) is 24.5 Å². The van der Waals surface area contributed by atoms with Gasteiger partial charge in [-0.15, -0.1) is 0 Å². The van der Waals surface area contributed by atoms with E-state index < -0.39 is 11.7 Å². The highest BCUT2D eigenvalue weighted by Gasteiger charge is 2.34. The highest BCUT2D eigenvalue weighted by molar-refractivity contribution is 5.79. The lowest BCUT2D eigenvalue weighted by Gasteiger charge is -2.18. The number of halogens is 3. The molecule has 122 valence electrons. The number of rotatable bonds is 5. The fourth-order valence-electron chi connectivity index (χ4n) is 2.60. The molecule has 1 aliphatic heterocycles. The molecule has 0 bridgehead atoms. The maximum Gasteiger partial charge on any atom is 0.416 e. The second-order valence-electron chi connectivity index (χ2n) is 5.36. The van der Waals surface area contributed by atoms with Crippen molar-refractivity contribution in [3.05, 3.63) is 29.6 Å². The third-order valence-corrected chi connectivity index (χ3v) is 3.75. The van der Waals surface area contributed by atoms with E-state index in [2.05, 4.69) is 4.98 Å². The molecule has 1 amide bonds. The molecule has 0 N–H and O–H groups in total. The van der Waals surface area contributed by atoms with Gasteiger partial charge in [0.2, 0.25) is 5.91 Å². The van der Waals surface area contributed by atoms with Crippen molar-refractivity contribution in [1.82, 2.24) is 9.88 Å². The molecule has 1 unspecified atom stereocenters. The average Bonchev–Trinajstić information content (AvgIpc) is 2.93. The van der Waals surface area contributed by atoms with Crippen LogP contribution >= 0.6 is 0 Å². The smallest absolute Gasteiger partial charge is 0.381 e. The van der Waals surface area contributed by atoms with Crippen LogP contribution in [0.15, 0.2) is 18.5 Å². The predicted molar refractivity (Wildman–Crippen MR) is 74.1 cm³/mol. The molecule has 0 spiro atoms. The number of carbonyl (C=O) groups excluding carboxylic acids is 1. The van der Waals surface area contributed by atoms with E-state index in [4.69, 9.17) is 4.74 Å². The monoisotopic (exact) mass is 316 g/mol. The first-order chi connectivity index (χ1) is 10.4. The molecule has 0 saturated carbocycles. The second kappa shape index (κ2) is 7.09. The number of ether oxygens (including phenoxy) is 1. The van der Waals surface area contributed by atoms with Gasteiger partial charge in [0.15, 0.2) is 0 Å². The van der Waals surface area contributed by atoms with Gasteiger partial charge in [0, 0.05) is 38.0 Å². The fraction of sp³-hybridized carbons (Fsp3) is 0.600. The topological polar surface area (TPSA) is 42.4 Å². The zero-order chi connectivity index (χ0) is 16.2. The van der Waals surface area contributed by atoms with Crippen molar-refractivity contribution in [3.8, 4) is 0 Å². The van der Waals surface area contributed by atoms with Gasteiger partial charge in [0.1, 0.15) is 0 Å². The summed E-state index contributed by atoms with van der Waals surface area (Å²) in [7, 11) is 0. The van der Waals surface area contributed by atoms with E-state index in [1.165, 1.54) is 0 Å². The zero-order valence-electron chi connectivity index (χ0n) is 12.4. The summed E-state index contributed by atoms with van der Waals surface area (Å²) in [6, 6.07) is 0.907. The Labute approximate surface area is 127 Å². The van der Waals surface area contributed by atoms with E-state index in [-0.39, 0.29) is 23.8 Å². The third kappa shape index (κ3) is 4.19. The van der Waals surface area contributed by atoms with Crippen molar-refractivity contribution in [3.63, 3.8) is 0 Å². The zero-order valence-corrected chi connectivity index (χ0v) is 12.4. The van der Waals surface area contributed by atoms with Crippen molar-refractivity contribution < 1.29 is 22.7 Å². The average molecular weight is 316 g/mol. The summed E-state index contributed by atoms with van der Waals surface area (Å²) in [6.45, 7) is 4.22. The van der Waals surface area contributed by atoms with Crippen LogP contribution in [0.4, 0.5) is 13.2 Å². The summed E-state index contributed by atoms with van der Waals surface area (Å²) in [5, 5.41) is 0. The van der Waals surface area contributed by atoms with Crippen LogP contribution in [-0.4, -0.2) is 42.1 Å². The van der Waals surface area contributed by atoms with Crippen molar-refractivity contribution in [1.29, 1.82) is 0 Å². The van der Waals surface area contributed by atoms with E-state index >= 15 is 0 Å². The molecule has 1 aromatic rings. The lowest BCUT2D eigenvalue weighted by molar-refractivity contribution is -0.138. The molecule has 0 aromatic carbocycles. The number of hydrogen-bond acceptors (Lipinski definition) is 3. The summed E-state index contributed by atoms with van der Waals surface area (Å²) < 4.78 is 44.1. The maximum atomic E-state index is 12.9. The van der Waals surface area contributed by atoms with Crippen LogP contribution < -0.4 is 0 Å². The Morgan fingerprint density at radius 1 is 1.50 bits per heavy atom. The molecular weight excluding hydrogens is 297 g/mol. The van der Waals surface area contributed by atoms with Gasteiger partial charge in [-0.2, -0.15) is 13.2 Å². The van der Waals surface area contributed by atoms with E-state index in [0.29, 0.717) is 26.3 Å². The molecule has 1 saturated heterocycles. The van der Waals surface area contributed by atoms with Gasteiger partial charge in [-0.05, 0) is 25.0 Å². The van der Waals surface area contributed by atoms with Gasteiger partial charge in [-0.25, -0.2) is 0 Å². The Bertz CT molecular complexity index is 520. The van der Waals surface area contributed by atoms with Crippen LogP contribution in [0.3, 0.4) is 0 Å². The predicted octanol–water partition coefficient (Wildman–Crippen LogP) is 2.53. The summed E-state index contributed by atoms with van der Waals surface area (Å²) >= 11 is 0. The largest absolute Gasteiger partial charge is 0.416 e. The first-order valence-electron chi connectivity index (χ1n) is 7.27. The SMILES string of the molecule is CCOCC1CCN(C(=O)Cc2cnccc2C(F)(F)F)C1. The van der Waals surface area contributed by atoms with Crippen molar-refractivity contribution >= 4 is 5.91 Å². The van der Waals surface area contributed by atoms with Gasteiger partial charge in [-0.3, -0.25) is 9.78 Å². The van der Waals surface area contributed by atoms with Gasteiger partial charge >= 0.3 is 6.18 Å². The van der Waals surface area contributed by atoms with E-state index in [1.807, 2.05) is 6.92 Å². The number of aromatic nitrogens is 1. The quantitative estimate of drug-likeness (QED) is 0.838. The van der Waals surface area contributed by atoms with Gasteiger partial charge in [0.25, 0.3) is 0 Å². The number of pyridine rings is 1. The number of carbonyl (C=O) groups is 1. The van der Waals surface area contributed by atoms with Gasteiger partial charge in [0.05, 0.1) is 18.6 Å². The number of likely N-dealkylation sites (tertiary alicyclic amines) is 1. The number of amides is 1. The summed E-state index contributed by atoms with van der Waals surface area (Å²) in [5.41, 5.74) is -0.867. The lowest BCUT2D eigenvalue weighted by Crippen LogP contribution is -2.31. The molecule has 2 heterocycles. The number of alkyl halides is 3. The molecule has 0 aliphatic carbocycles. The van der Waals surface area contributed by atoms with E-state index in [1.54, 1.807) is 4.90 Å². The lowest BCUT2D eigenvalue weighted by atomic mass is 10.1. The molecule has 22 heavy (non-hydrogen) atoms. The maximum absolute atomic E-state index is 12.9. The summed E-state index contributed by atoms with van der Waals surface area (Å²) in [4.78, 5) is 17.5. The minimum atomic E-state index is -4.47. The highest BCUT2D eigenvalue weighted by atomic mass is 19.4. The molecule has 0 radical (unpaired) electrons. The van der Waals surface area contributed by atoms with E-state index in [0.717, 1.165) is 24.9 Å². The first-order valence-corrected chi connectivity index (χ1v) is 7.27. The van der Waals surface area contributed by atoms with Crippen LogP contribution in [0.2, 0.25) is 0 Å². The normalized spacial score (nSPS) is 18.7. The third-order valence-electron chi connectivity index (χ3n) is 3.75. The van der Waals surface area contributed by atoms with Gasteiger partial charge in [-0.1, -0.05) is 0 Å². The Morgan fingerprint density at radius 2 is 2.27 bits per heavy atom. The van der Waals surface area contributed by atoms with Gasteiger partial charge < -0.3 is 9.64 Å². The molecule has 7 heteroatoms. The highest BCUT2D eigenvalue weighted by Crippen LogP contribution is 2.32. The molecule has 1 aromatic heterocycles.